The van der Waals surface area contributed by atoms with Crippen LogP contribution in [0.3, 0.4) is 0 Å². The molecule has 0 unspecified atom stereocenters. The van der Waals surface area contributed by atoms with E-state index in [1.165, 1.54) is 6.07 Å². The molecule has 0 aromatic heterocycles. The van der Waals surface area contributed by atoms with Gasteiger partial charge in [-0.15, -0.1) is 0 Å². The molecule has 0 amide bonds. The maximum atomic E-state index is 12.1. The zero-order valence-electron chi connectivity index (χ0n) is 13.8. The molecular weight excluding hydrogens is 360 g/mol. The number of hydrogen-bond acceptors (Lipinski definition) is 5. The third-order valence-electron chi connectivity index (χ3n) is 3.80. The fourth-order valence-electron chi connectivity index (χ4n) is 2.52. The summed E-state index contributed by atoms with van der Waals surface area (Å²) in [6.45, 7) is 2.14. The Balaban J connectivity index is 2.49. The first-order valence-corrected chi connectivity index (χ1v) is 9.83. The number of hydrogen-bond donors (Lipinski definition) is 1. The van der Waals surface area contributed by atoms with Crippen molar-refractivity contribution in [3.05, 3.63) is 58.7 Å². The average Bonchev–Trinajstić information content (AvgIpc) is 2.58. The van der Waals surface area contributed by atoms with E-state index in [0.29, 0.717) is 23.2 Å². The van der Waals surface area contributed by atoms with E-state index < -0.39 is 15.1 Å². The lowest BCUT2D eigenvalue weighted by atomic mass is 10.0. The number of anilines is 1. The van der Waals surface area contributed by atoms with Crippen molar-refractivity contribution in [3.63, 3.8) is 0 Å². The molecule has 0 radical (unpaired) electrons. The fraction of sp³-hybridized carbons (Fsp3) is 0.222. The lowest BCUT2D eigenvalue weighted by Gasteiger charge is -2.15. The van der Waals surface area contributed by atoms with Gasteiger partial charge in [0.05, 0.1) is 22.2 Å². The van der Waals surface area contributed by atoms with Gasteiger partial charge in [0.1, 0.15) is 0 Å². The van der Waals surface area contributed by atoms with E-state index in [1.807, 2.05) is 13.0 Å². The summed E-state index contributed by atoms with van der Waals surface area (Å²) < 4.78 is 24.2. The molecule has 0 fully saturated rings. The number of benzene rings is 2. The van der Waals surface area contributed by atoms with Gasteiger partial charge in [-0.05, 0) is 47.3 Å². The molecular formula is C18H17ClN2O3S. The zero-order chi connectivity index (χ0) is 18.6. The quantitative estimate of drug-likeness (QED) is 0.779. The maximum Gasteiger partial charge on any atom is 0.252 e. The molecule has 25 heavy (non-hydrogen) atoms. The summed E-state index contributed by atoms with van der Waals surface area (Å²) in [5.74, 6) is 0. The smallest absolute Gasteiger partial charge is 0.252 e. The number of sulfone groups is 1. The van der Waals surface area contributed by atoms with E-state index in [4.69, 9.17) is 16.9 Å². The Morgan fingerprint density at radius 1 is 1.24 bits per heavy atom. The van der Waals surface area contributed by atoms with E-state index in [-0.39, 0.29) is 17.0 Å². The summed E-state index contributed by atoms with van der Waals surface area (Å²) in [5.41, 5.74) is 2.49. The fourth-order valence-corrected chi connectivity index (χ4v) is 3.56. The van der Waals surface area contributed by atoms with Crippen LogP contribution in [0, 0.1) is 11.3 Å². The largest absolute Gasteiger partial charge is 0.380 e. The predicted molar refractivity (Wildman–Crippen MR) is 97.6 cm³/mol. The Hall–Kier alpha value is -2.36. The summed E-state index contributed by atoms with van der Waals surface area (Å²) >= 11 is 5.58. The second-order valence-electron chi connectivity index (χ2n) is 5.53. The van der Waals surface area contributed by atoms with Crippen molar-refractivity contribution in [3.8, 4) is 6.07 Å². The molecule has 130 valence electrons. The molecule has 1 N–H and O–H groups in total. The van der Waals surface area contributed by atoms with Crippen LogP contribution in [-0.2, 0) is 22.8 Å². The molecule has 0 aliphatic heterocycles. The lowest BCUT2D eigenvalue weighted by Crippen LogP contribution is -2.10. The van der Waals surface area contributed by atoms with Gasteiger partial charge in [-0.25, -0.2) is 8.42 Å². The number of nitriles is 1. The Morgan fingerprint density at radius 2 is 1.92 bits per heavy atom. The van der Waals surface area contributed by atoms with Crippen LogP contribution in [0.2, 0.25) is 0 Å². The average molecular weight is 377 g/mol. The van der Waals surface area contributed by atoms with E-state index in [2.05, 4.69) is 11.4 Å². The van der Waals surface area contributed by atoms with Gasteiger partial charge in [0.15, 0.2) is 9.84 Å². The van der Waals surface area contributed by atoms with Gasteiger partial charge >= 0.3 is 0 Å². The number of rotatable bonds is 6. The van der Waals surface area contributed by atoms with Crippen molar-refractivity contribution in [1.82, 2.24) is 0 Å². The Morgan fingerprint density at radius 3 is 2.48 bits per heavy atom. The van der Waals surface area contributed by atoms with Crippen molar-refractivity contribution >= 4 is 32.4 Å². The molecule has 0 spiro atoms. The summed E-state index contributed by atoms with van der Waals surface area (Å²) in [7, 11) is -3.57. The second-order valence-corrected chi connectivity index (χ2v) is 7.85. The first-order chi connectivity index (χ1) is 11.8. The van der Waals surface area contributed by atoms with Gasteiger partial charge in [0.25, 0.3) is 5.24 Å². The van der Waals surface area contributed by atoms with Gasteiger partial charge in [-0.1, -0.05) is 25.1 Å². The van der Waals surface area contributed by atoms with Gasteiger partial charge < -0.3 is 5.32 Å². The van der Waals surface area contributed by atoms with Gasteiger partial charge in [-0.2, -0.15) is 5.26 Å². The van der Waals surface area contributed by atoms with E-state index >= 15 is 0 Å². The Labute approximate surface area is 152 Å². The molecule has 0 aliphatic rings. The number of nitrogens with zero attached hydrogens (tertiary/aromatic N) is 1. The van der Waals surface area contributed by atoms with Crippen LogP contribution in [0.4, 0.5) is 5.69 Å². The van der Waals surface area contributed by atoms with Crippen molar-refractivity contribution in [2.24, 2.45) is 0 Å². The van der Waals surface area contributed by atoms with Gasteiger partial charge in [0.2, 0.25) is 0 Å². The highest BCUT2D eigenvalue weighted by Crippen LogP contribution is 2.28. The molecule has 2 aromatic carbocycles. The molecule has 5 nitrogen and oxygen atoms in total. The third-order valence-corrected chi connectivity index (χ3v) is 5.14. The number of carbonyl (C=O) groups excluding carboxylic acids is 1. The number of carbonyl (C=O) groups is 1. The summed E-state index contributed by atoms with van der Waals surface area (Å²) in [6, 6.07) is 12.1. The van der Waals surface area contributed by atoms with Crippen LogP contribution in [0.25, 0.3) is 0 Å². The zero-order valence-corrected chi connectivity index (χ0v) is 15.4. The third kappa shape index (κ3) is 4.38. The molecule has 0 atom stereocenters. The molecule has 2 aromatic rings. The van der Waals surface area contributed by atoms with Gasteiger partial charge in [0, 0.05) is 18.4 Å². The van der Waals surface area contributed by atoms with Crippen LogP contribution in [0.5, 0.6) is 0 Å². The summed E-state index contributed by atoms with van der Waals surface area (Å²) in [4.78, 5) is 11.6. The molecule has 0 saturated carbocycles. The van der Waals surface area contributed by atoms with Crippen molar-refractivity contribution in [2.45, 2.75) is 24.8 Å². The number of nitrogens with one attached hydrogen (secondary N) is 1. The van der Waals surface area contributed by atoms with Crippen molar-refractivity contribution < 1.29 is 13.2 Å². The minimum absolute atomic E-state index is 0.00291. The van der Waals surface area contributed by atoms with Crippen LogP contribution in [-0.4, -0.2) is 19.9 Å². The molecule has 0 saturated heterocycles. The topological polar surface area (TPSA) is 87.0 Å². The minimum Gasteiger partial charge on any atom is -0.380 e. The Kier molecular flexibility index (Phi) is 5.83. The van der Waals surface area contributed by atoms with Crippen LogP contribution in [0.1, 0.15) is 34.0 Å². The predicted octanol–water partition coefficient (Wildman–Crippen LogP) is 3.52. The van der Waals surface area contributed by atoms with Gasteiger partial charge in [-0.3, -0.25) is 4.79 Å². The lowest BCUT2D eigenvalue weighted by molar-refractivity contribution is 0.108. The van der Waals surface area contributed by atoms with Crippen LogP contribution >= 0.6 is 11.6 Å². The Bertz CT molecular complexity index is 963. The molecule has 0 aliphatic carbocycles. The summed E-state index contributed by atoms with van der Waals surface area (Å²) in [5, 5.41) is 11.5. The first-order valence-electron chi connectivity index (χ1n) is 7.56. The number of aryl methyl sites for hydroxylation is 1. The highest BCUT2D eigenvalue weighted by Gasteiger charge is 2.19. The standard InChI is InChI=1S/C18H17ClN2O3S/c1-3-12-8-16(17(25(2,23)24)9-15(12)18(19)22)21-11-14-7-5-4-6-13(14)10-20/h4-9,21H,3,11H2,1-2H3. The SMILES string of the molecule is CCc1cc(NCc2ccccc2C#N)c(S(C)(=O)=O)cc1C(=O)Cl. The first kappa shape index (κ1) is 19.0. The molecule has 0 heterocycles. The highest BCUT2D eigenvalue weighted by molar-refractivity contribution is 7.90. The van der Waals surface area contributed by atoms with Crippen molar-refractivity contribution in [1.29, 1.82) is 5.26 Å². The molecule has 0 bridgehead atoms. The second kappa shape index (κ2) is 7.68. The normalized spacial score (nSPS) is 11.0. The molecule has 2 rings (SSSR count). The summed E-state index contributed by atoms with van der Waals surface area (Å²) in [6.07, 6.45) is 1.60. The monoisotopic (exact) mass is 376 g/mol. The van der Waals surface area contributed by atoms with E-state index in [0.717, 1.165) is 11.8 Å². The maximum absolute atomic E-state index is 12.1. The number of halogens is 1. The van der Waals surface area contributed by atoms with E-state index in [1.54, 1.807) is 24.3 Å². The van der Waals surface area contributed by atoms with Crippen LogP contribution in [0.15, 0.2) is 41.3 Å². The highest BCUT2D eigenvalue weighted by atomic mass is 35.5. The van der Waals surface area contributed by atoms with E-state index in [9.17, 15) is 13.2 Å². The molecule has 7 heteroatoms. The minimum atomic E-state index is -3.57. The van der Waals surface area contributed by atoms with Crippen LogP contribution < -0.4 is 5.32 Å². The van der Waals surface area contributed by atoms with Crippen molar-refractivity contribution in [2.75, 3.05) is 11.6 Å².